The molecule has 0 spiro atoms. The molecule has 0 aliphatic carbocycles. The lowest BCUT2D eigenvalue weighted by Crippen LogP contribution is -2.48. The molecule has 2 aromatic carbocycles. The summed E-state index contributed by atoms with van der Waals surface area (Å²) < 4.78 is 63.0. The van der Waals surface area contributed by atoms with Gasteiger partial charge < -0.3 is 20.3 Å². The molecule has 8 nitrogen and oxygen atoms in total. The Balaban J connectivity index is 1.33. The number of carbonyl (C=O) groups excluding carboxylic acids is 1. The van der Waals surface area contributed by atoms with Gasteiger partial charge in [0.05, 0.1) is 24.7 Å². The van der Waals surface area contributed by atoms with E-state index < -0.39 is 53.9 Å². The van der Waals surface area contributed by atoms with Gasteiger partial charge in [-0.15, -0.1) is 0 Å². The van der Waals surface area contributed by atoms with Crippen molar-refractivity contribution >= 4 is 35.2 Å². The molecule has 1 fully saturated rings. The summed E-state index contributed by atoms with van der Waals surface area (Å²) in [5.74, 6) is -2.39. The van der Waals surface area contributed by atoms with Crippen LogP contribution in [0.3, 0.4) is 0 Å². The first-order valence-electron chi connectivity index (χ1n) is 16.0. The van der Waals surface area contributed by atoms with Crippen LogP contribution in [0.2, 0.25) is 0 Å². The Bertz CT molecular complexity index is 1590. The summed E-state index contributed by atoms with van der Waals surface area (Å²) in [4.78, 5) is 29.5. The Morgan fingerprint density at radius 2 is 1.63 bits per heavy atom. The highest BCUT2D eigenvalue weighted by Gasteiger charge is 2.67. The van der Waals surface area contributed by atoms with Crippen molar-refractivity contribution in [3.63, 3.8) is 0 Å². The van der Waals surface area contributed by atoms with E-state index in [0.29, 0.717) is 16.7 Å². The number of amides is 1. The minimum Gasteiger partial charge on any atom is -0.395 e. The first-order chi connectivity index (χ1) is 23.2. The van der Waals surface area contributed by atoms with Crippen molar-refractivity contribution in [2.75, 3.05) is 24.3 Å². The number of ether oxygens (including phenoxy) is 1. The zero-order valence-electron chi connectivity index (χ0n) is 27.7. The van der Waals surface area contributed by atoms with Gasteiger partial charge in [-0.25, -0.2) is 22.4 Å². The van der Waals surface area contributed by atoms with E-state index in [1.807, 2.05) is 13.8 Å². The Morgan fingerprint density at radius 3 is 2.18 bits per heavy atom. The summed E-state index contributed by atoms with van der Waals surface area (Å²) in [6.45, 7) is 3.26. The number of rotatable bonds is 17. The zero-order chi connectivity index (χ0) is 35.8. The lowest BCUT2D eigenvalue weighted by atomic mass is 9.80. The van der Waals surface area contributed by atoms with Gasteiger partial charge in [0.15, 0.2) is 0 Å². The number of carbonyl (C=O) groups is 1. The molecule has 1 aromatic heterocycles. The SMILES string of the molecule is CC(C)(CCC(CCSCc1ccc(F)cc1)SCc1ccc(F)cc1)CC(=O)Nc1ccn([C@@H]2O[C@H](CO)[C@@](C)(CO)C2(F)F)c(=O)n1. The molecule has 14 heteroatoms. The number of nitrogens with zero attached hydrogens (tertiary/aromatic N) is 2. The minimum absolute atomic E-state index is 0.0992. The molecule has 49 heavy (non-hydrogen) atoms. The summed E-state index contributed by atoms with van der Waals surface area (Å²) in [5, 5.41) is 22.0. The maximum atomic E-state index is 15.2. The highest BCUT2D eigenvalue weighted by Crippen LogP contribution is 2.54. The van der Waals surface area contributed by atoms with Crippen LogP contribution < -0.4 is 11.0 Å². The number of aromatic nitrogens is 2. The van der Waals surface area contributed by atoms with Crippen LogP contribution >= 0.6 is 23.5 Å². The molecule has 1 amide bonds. The summed E-state index contributed by atoms with van der Waals surface area (Å²) in [6, 6.07) is 14.1. The average molecular weight is 726 g/mol. The molecule has 4 rings (SSSR count). The number of hydrogen-bond acceptors (Lipinski definition) is 8. The second-order valence-electron chi connectivity index (χ2n) is 13.3. The van der Waals surface area contributed by atoms with E-state index >= 15 is 8.78 Å². The molecule has 1 saturated heterocycles. The lowest BCUT2D eigenvalue weighted by Gasteiger charge is -2.32. The zero-order valence-corrected chi connectivity index (χ0v) is 29.3. The van der Waals surface area contributed by atoms with Crippen molar-refractivity contribution in [2.24, 2.45) is 10.8 Å². The third-order valence-corrected chi connectivity index (χ3v) is 11.4. The van der Waals surface area contributed by atoms with Crippen LogP contribution in [0.1, 0.15) is 63.8 Å². The molecule has 0 bridgehead atoms. The molecular formula is C35H43F4N3O5S2. The second kappa shape index (κ2) is 16.9. The van der Waals surface area contributed by atoms with Crippen molar-refractivity contribution in [2.45, 2.75) is 81.5 Å². The van der Waals surface area contributed by atoms with E-state index in [1.54, 1.807) is 47.8 Å². The lowest BCUT2D eigenvalue weighted by molar-refractivity contribution is -0.154. The van der Waals surface area contributed by atoms with E-state index in [0.717, 1.165) is 48.6 Å². The van der Waals surface area contributed by atoms with Gasteiger partial charge in [-0.3, -0.25) is 9.36 Å². The van der Waals surface area contributed by atoms with Gasteiger partial charge in [-0.1, -0.05) is 38.1 Å². The molecule has 1 aliphatic heterocycles. The molecule has 3 aromatic rings. The summed E-state index contributed by atoms with van der Waals surface area (Å²) >= 11 is 3.55. The number of benzene rings is 2. The van der Waals surface area contributed by atoms with Crippen LogP contribution in [0.15, 0.2) is 65.6 Å². The fourth-order valence-electron chi connectivity index (χ4n) is 5.59. The van der Waals surface area contributed by atoms with Crippen molar-refractivity contribution < 1.29 is 37.3 Å². The largest absolute Gasteiger partial charge is 0.395 e. The van der Waals surface area contributed by atoms with Crippen LogP contribution in [0.25, 0.3) is 0 Å². The van der Waals surface area contributed by atoms with Crippen LogP contribution in [0.4, 0.5) is 23.4 Å². The standard InChI is InChI=1S/C35H43F4N3O5S2/c1-33(2,15-12-27(49-21-24-6-10-26(37)11-7-24)14-17-48-20-23-4-8-25(36)9-5-23)18-30(45)40-29-13-16-42(32(46)41-29)31-35(38,39)34(3,22-44)28(19-43)47-31/h4-11,13,16,27-28,31,43-44H,12,14-15,17-22H2,1-3H3,(H,40,41,45,46)/t27?,28-,31-,34-/m1/s1. The number of aliphatic hydroxyl groups is 2. The second-order valence-corrected chi connectivity index (χ2v) is 15.7. The van der Waals surface area contributed by atoms with Crippen LogP contribution in [-0.4, -0.2) is 61.9 Å². The van der Waals surface area contributed by atoms with Crippen molar-refractivity contribution in [1.29, 1.82) is 0 Å². The topological polar surface area (TPSA) is 114 Å². The van der Waals surface area contributed by atoms with Gasteiger partial charge in [-0.2, -0.15) is 28.5 Å². The highest BCUT2D eigenvalue weighted by atomic mass is 32.2. The Morgan fingerprint density at radius 1 is 1.02 bits per heavy atom. The Kier molecular flexibility index (Phi) is 13.4. The monoisotopic (exact) mass is 725 g/mol. The number of nitrogens with one attached hydrogen (secondary N) is 1. The third kappa shape index (κ3) is 10.1. The van der Waals surface area contributed by atoms with Crippen molar-refractivity contribution in [3.8, 4) is 0 Å². The molecule has 2 heterocycles. The van der Waals surface area contributed by atoms with Gasteiger partial charge in [0.2, 0.25) is 12.1 Å². The van der Waals surface area contributed by atoms with Crippen LogP contribution in [0, 0.1) is 22.5 Å². The maximum absolute atomic E-state index is 15.2. The third-order valence-electron chi connectivity index (χ3n) is 8.87. The first-order valence-corrected chi connectivity index (χ1v) is 18.2. The number of aliphatic hydroxyl groups excluding tert-OH is 2. The van der Waals surface area contributed by atoms with Gasteiger partial charge >= 0.3 is 11.6 Å². The minimum atomic E-state index is -3.70. The molecule has 0 radical (unpaired) electrons. The van der Waals surface area contributed by atoms with E-state index in [9.17, 15) is 28.6 Å². The molecule has 1 unspecified atom stereocenters. The van der Waals surface area contributed by atoms with Gasteiger partial charge in [0.25, 0.3) is 0 Å². The van der Waals surface area contributed by atoms with E-state index in [-0.39, 0.29) is 29.1 Å². The highest BCUT2D eigenvalue weighted by molar-refractivity contribution is 7.99. The normalized spacial score (nSPS) is 21.1. The first kappa shape index (κ1) is 38.9. The molecule has 3 N–H and O–H groups in total. The fourth-order valence-corrected chi connectivity index (χ4v) is 7.96. The van der Waals surface area contributed by atoms with Gasteiger partial charge in [-0.05, 0) is 78.8 Å². The Hall–Kier alpha value is -2.91. The van der Waals surface area contributed by atoms with Gasteiger partial charge in [0, 0.05) is 29.4 Å². The van der Waals surface area contributed by atoms with E-state index in [4.69, 9.17) is 4.74 Å². The smallest absolute Gasteiger partial charge is 0.351 e. The molecule has 1 aliphatic rings. The Labute approximate surface area is 292 Å². The quantitative estimate of drug-likeness (QED) is 0.103. The number of thioether (sulfide) groups is 2. The molecule has 0 saturated carbocycles. The van der Waals surface area contributed by atoms with Crippen LogP contribution in [-0.2, 0) is 21.0 Å². The van der Waals surface area contributed by atoms with E-state index in [2.05, 4.69) is 10.3 Å². The van der Waals surface area contributed by atoms with E-state index in [1.165, 1.54) is 30.3 Å². The van der Waals surface area contributed by atoms with Crippen molar-refractivity contribution in [3.05, 3.63) is 94.0 Å². The summed E-state index contributed by atoms with van der Waals surface area (Å²) in [5.41, 5.74) is -1.57. The molecule has 4 atom stereocenters. The summed E-state index contributed by atoms with van der Waals surface area (Å²) in [7, 11) is 0. The predicted molar refractivity (Wildman–Crippen MR) is 185 cm³/mol. The predicted octanol–water partition coefficient (Wildman–Crippen LogP) is 6.81. The number of halogens is 4. The number of alkyl halides is 2. The maximum Gasteiger partial charge on any atom is 0.351 e. The average Bonchev–Trinajstić information content (AvgIpc) is 3.26. The number of hydrogen-bond donors (Lipinski definition) is 3. The molecule has 268 valence electrons. The molecular weight excluding hydrogens is 683 g/mol. The number of anilines is 1. The van der Waals surface area contributed by atoms with Crippen molar-refractivity contribution in [1.82, 2.24) is 9.55 Å². The summed E-state index contributed by atoms with van der Waals surface area (Å²) in [6.07, 6.45) is 0.0812. The fraction of sp³-hybridized carbons (Fsp3) is 0.514. The van der Waals surface area contributed by atoms with Crippen LogP contribution in [0.5, 0.6) is 0 Å². The van der Waals surface area contributed by atoms with Gasteiger partial charge in [0.1, 0.15) is 17.5 Å².